The number of nitro benzene ring substituents is 1. The average molecular weight is 815 g/mol. The SMILES string of the molecule is C=CC(=O)OCCN(CCOC(=O)C=C)c1ccc(N=Nc2cc(OCC3CCCCC3)c(N=Nc3ccc([N+](=O)[O-])cc3Cl)cc2OCC2CCCCC2)c(C)c1. The van der Waals surface area contributed by atoms with Crippen molar-refractivity contribution in [2.75, 3.05) is 44.4 Å². The molecule has 0 aromatic heterocycles. The number of azo groups is 2. The summed E-state index contributed by atoms with van der Waals surface area (Å²) in [7, 11) is 0. The molecule has 3 aromatic carbocycles. The number of carbonyl (C=O) groups excluding carboxylic acids is 2. The first-order chi connectivity index (χ1) is 28.1. The second kappa shape index (κ2) is 22.3. The van der Waals surface area contributed by atoms with Gasteiger partial charge in [-0.2, -0.15) is 5.11 Å². The van der Waals surface area contributed by atoms with E-state index in [4.69, 9.17) is 35.7 Å². The maximum Gasteiger partial charge on any atom is 0.330 e. The molecule has 2 aliphatic carbocycles. The van der Waals surface area contributed by atoms with Crippen LogP contribution in [0.15, 0.2) is 94.3 Å². The number of nitro groups is 1. The van der Waals surface area contributed by atoms with Crippen molar-refractivity contribution in [2.45, 2.75) is 71.1 Å². The number of ether oxygens (including phenoxy) is 4. The average Bonchev–Trinajstić information content (AvgIpc) is 3.24. The van der Waals surface area contributed by atoms with Crippen molar-refractivity contribution in [1.82, 2.24) is 0 Å². The number of hydrogen-bond donors (Lipinski definition) is 0. The molecule has 0 aliphatic heterocycles. The molecule has 0 radical (unpaired) electrons. The Morgan fingerprint density at radius 3 is 1.69 bits per heavy atom. The summed E-state index contributed by atoms with van der Waals surface area (Å²) in [5, 5.41) is 29.6. The second-order valence-electron chi connectivity index (χ2n) is 14.4. The number of carbonyl (C=O) groups is 2. The van der Waals surface area contributed by atoms with Gasteiger partial charge in [0.15, 0.2) is 0 Å². The van der Waals surface area contributed by atoms with Crippen LogP contribution in [0.3, 0.4) is 0 Å². The summed E-state index contributed by atoms with van der Waals surface area (Å²) in [5.74, 6) is 0.663. The Kier molecular flexibility index (Phi) is 16.8. The number of anilines is 1. The van der Waals surface area contributed by atoms with E-state index in [-0.39, 0.29) is 29.6 Å². The Bertz CT molecular complexity index is 1950. The van der Waals surface area contributed by atoms with Gasteiger partial charge >= 0.3 is 11.9 Å². The predicted octanol–water partition coefficient (Wildman–Crippen LogP) is 11.6. The summed E-state index contributed by atoms with van der Waals surface area (Å²) < 4.78 is 23.3. The van der Waals surface area contributed by atoms with E-state index in [0.29, 0.717) is 66.7 Å². The minimum absolute atomic E-state index is 0.0959. The molecule has 0 heterocycles. The van der Waals surface area contributed by atoms with E-state index in [1.54, 1.807) is 12.1 Å². The largest absolute Gasteiger partial charge is 0.491 e. The molecular formula is C43H51ClN6O8. The van der Waals surface area contributed by atoms with Gasteiger partial charge in [-0.3, -0.25) is 10.1 Å². The molecule has 5 rings (SSSR count). The van der Waals surface area contributed by atoms with Crippen molar-refractivity contribution in [3.63, 3.8) is 0 Å². The molecule has 0 N–H and O–H groups in total. The molecule has 58 heavy (non-hydrogen) atoms. The molecule has 0 bridgehead atoms. The number of hydrogen-bond acceptors (Lipinski definition) is 13. The standard InChI is InChI=1S/C43H51ClN6O8/c1-4-42(51)55-22-20-49(21-23-56-43(52)5-2)33-16-18-36(30(3)24-33)45-47-38-26-41(58-29-32-14-10-7-11-15-32)39(27-40(38)57-28-31-12-8-6-9-13-31)48-46-37-19-17-34(50(53)54)25-35(37)44/h4-5,16-19,24-27,31-32H,1-2,6-15,20-23,28-29H2,3H3. The summed E-state index contributed by atoms with van der Waals surface area (Å²) in [5.41, 5.74) is 3.22. The molecule has 15 heteroatoms. The Hall–Kier alpha value is -5.63. The Morgan fingerprint density at radius 1 is 0.741 bits per heavy atom. The number of rotatable bonds is 20. The van der Waals surface area contributed by atoms with Gasteiger partial charge in [-0.1, -0.05) is 63.3 Å². The Morgan fingerprint density at radius 2 is 1.22 bits per heavy atom. The van der Waals surface area contributed by atoms with Crippen molar-refractivity contribution in [2.24, 2.45) is 32.3 Å². The zero-order valence-corrected chi connectivity index (χ0v) is 33.7. The number of non-ortho nitro benzene ring substituents is 1. The fourth-order valence-electron chi connectivity index (χ4n) is 6.90. The highest BCUT2D eigenvalue weighted by Crippen LogP contribution is 2.43. The van der Waals surface area contributed by atoms with Crippen molar-refractivity contribution >= 4 is 57.7 Å². The van der Waals surface area contributed by atoms with Gasteiger partial charge in [-0.05, 0) is 74.3 Å². The van der Waals surface area contributed by atoms with Crippen molar-refractivity contribution in [3.05, 3.63) is 94.5 Å². The van der Waals surface area contributed by atoms with Gasteiger partial charge in [-0.15, -0.1) is 15.3 Å². The maximum absolute atomic E-state index is 11.7. The van der Waals surface area contributed by atoms with E-state index in [1.807, 2.05) is 30.0 Å². The molecule has 2 aliphatic rings. The van der Waals surface area contributed by atoms with Crippen LogP contribution in [-0.4, -0.2) is 56.4 Å². The molecule has 0 atom stereocenters. The Labute approximate surface area is 344 Å². The van der Waals surface area contributed by atoms with E-state index in [9.17, 15) is 19.7 Å². The lowest BCUT2D eigenvalue weighted by atomic mass is 9.90. The van der Waals surface area contributed by atoms with E-state index >= 15 is 0 Å². The van der Waals surface area contributed by atoms with E-state index in [2.05, 4.69) is 28.5 Å². The monoisotopic (exact) mass is 814 g/mol. The van der Waals surface area contributed by atoms with Crippen LogP contribution in [0, 0.1) is 28.9 Å². The minimum Gasteiger partial charge on any atom is -0.491 e. The molecule has 2 fully saturated rings. The van der Waals surface area contributed by atoms with Crippen LogP contribution in [0.25, 0.3) is 0 Å². The summed E-state index contributed by atoms with van der Waals surface area (Å²) in [6.07, 6.45) is 13.6. The van der Waals surface area contributed by atoms with Crippen LogP contribution < -0.4 is 14.4 Å². The lowest BCUT2D eigenvalue weighted by Gasteiger charge is -2.25. The molecule has 0 spiro atoms. The number of esters is 2. The van der Waals surface area contributed by atoms with Crippen LogP contribution in [0.2, 0.25) is 5.02 Å². The zero-order chi connectivity index (χ0) is 41.3. The summed E-state index contributed by atoms with van der Waals surface area (Å²) in [4.78, 5) is 36.0. The third-order valence-electron chi connectivity index (χ3n) is 10.2. The zero-order valence-electron chi connectivity index (χ0n) is 33.0. The molecule has 14 nitrogen and oxygen atoms in total. The first kappa shape index (κ1) is 43.5. The van der Waals surface area contributed by atoms with Crippen LogP contribution in [0.4, 0.5) is 34.1 Å². The van der Waals surface area contributed by atoms with E-state index in [0.717, 1.165) is 74.8 Å². The van der Waals surface area contributed by atoms with Gasteiger partial charge in [0, 0.05) is 42.1 Å². The number of benzene rings is 3. The second-order valence-corrected chi connectivity index (χ2v) is 14.8. The molecular weight excluding hydrogens is 764 g/mol. The van der Waals surface area contributed by atoms with Gasteiger partial charge < -0.3 is 23.8 Å². The molecule has 2 saturated carbocycles. The fraction of sp³-hybridized carbons (Fsp3) is 0.442. The third kappa shape index (κ3) is 13.2. The van der Waals surface area contributed by atoms with Gasteiger partial charge in [0.1, 0.15) is 41.8 Å². The van der Waals surface area contributed by atoms with Crippen LogP contribution in [0.1, 0.15) is 69.8 Å². The van der Waals surface area contributed by atoms with Crippen molar-refractivity contribution in [3.8, 4) is 11.5 Å². The minimum atomic E-state index is -0.528. The van der Waals surface area contributed by atoms with Gasteiger partial charge in [0.05, 0.1) is 41.9 Å². The number of halogens is 1. The van der Waals surface area contributed by atoms with Gasteiger partial charge in [0.25, 0.3) is 5.69 Å². The van der Waals surface area contributed by atoms with E-state index in [1.165, 1.54) is 31.0 Å². The van der Waals surface area contributed by atoms with Gasteiger partial charge in [0.2, 0.25) is 0 Å². The summed E-state index contributed by atoms with van der Waals surface area (Å²) >= 11 is 6.37. The van der Waals surface area contributed by atoms with Crippen LogP contribution in [0.5, 0.6) is 11.5 Å². The quantitative estimate of drug-likeness (QED) is 0.0354. The highest BCUT2D eigenvalue weighted by molar-refractivity contribution is 6.33. The summed E-state index contributed by atoms with van der Waals surface area (Å²) in [6.45, 7) is 10.7. The fourth-order valence-corrected chi connectivity index (χ4v) is 7.12. The first-order valence-corrected chi connectivity index (χ1v) is 20.2. The molecule has 0 amide bonds. The topological polar surface area (TPSA) is 167 Å². The molecule has 3 aromatic rings. The third-order valence-corrected chi connectivity index (χ3v) is 10.5. The summed E-state index contributed by atoms with van der Waals surface area (Å²) in [6, 6.07) is 13.2. The number of nitrogens with zero attached hydrogens (tertiary/aromatic N) is 6. The normalized spacial score (nSPS) is 14.9. The lowest BCUT2D eigenvalue weighted by Crippen LogP contribution is -2.32. The Balaban J connectivity index is 1.46. The number of aryl methyl sites for hydroxylation is 1. The van der Waals surface area contributed by atoms with Crippen molar-refractivity contribution in [1.29, 1.82) is 0 Å². The van der Waals surface area contributed by atoms with Gasteiger partial charge in [-0.25, -0.2) is 9.59 Å². The lowest BCUT2D eigenvalue weighted by molar-refractivity contribution is -0.384. The van der Waals surface area contributed by atoms with Crippen molar-refractivity contribution < 1.29 is 33.5 Å². The first-order valence-electron chi connectivity index (χ1n) is 19.8. The maximum atomic E-state index is 11.7. The molecule has 0 unspecified atom stereocenters. The molecule has 308 valence electrons. The van der Waals surface area contributed by atoms with E-state index < -0.39 is 16.9 Å². The smallest absolute Gasteiger partial charge is 0.330 e. The highest BCUT2D eigenvalue weighted by Gasteiger charge is 2.20. The predicted molar refractivity (Wildman–Crippen MR) is 223 cm³/mol. The van der Waals surface area contributed by atoms with Crippen LogP contribution >= 0.6 is 11.6 Å². The molecule has 0 saturated heterocycles. The van der Waals surface area contributed by atoms with Crippen LogP contribution in [-0.2, 0) is 19.1 Å². The highest BCUT2D eigenvalue weighted by atomic mass is 35.5.